The van der Waals surface area contributed by atoms with E-state index in [1.165, 1.54) is 23.8 Å². The van der Waals surface area contributed by atoms with Crippen molar-refractivity contribution in [1.29, 1.82) is 0 Å². The van der Waals surface area contributed by atoms with Gasteiger partial charge in [0.1, 0.15) is 5.82 Å². The van der Waals surface area contributed by atoms with Crippen LogP contribution in [0.2, 0.25) is 5.02 Å². The third-order valence-corrected chi connectivity index (χ3v) is 4.35. The second kappa shape index (κ2) is 8.97. The molecule has 0 radical (unpaired) electrons. The summed E-state index contributed by atoms with van der Waals surface area (Å²) in [6.45, 7) is 7.59. The zero-order chi connectivity index (χ0) is 18.4. The predicted octanol–water partition coefficient (Wildman–Crippen LogP) is 4.51. The molecule has 0 aliphatic rings. The summed E-state index contributed by atoms with van der Waals surface area (Å²) in [4.78, 5) is 14.6. The topological polar surface area (TPSA) is 32.3 Å². The van der Waals surface area contributed by atoms with Crippen LogP contribution in [0.1, 0.15) is 36.7 Å². The van der Waals surface area contributed by atoms with Crippen LogP contribution in [0.15, 0.2) is 48.5 Å². The Bertz CT molecular complexity index is 686. The molecule has 0 heterocycles. The van der Waals surface area contributed by atoms with Crippen LogP contribution in [0, 0.1) is 5.82 Å². The molecule has 1 N–H and O–H groups in total. The van der Waals surface area contributed by atoms with E-state index in [0.717, 1.165) is 6.54 Å². The summed E-state index contributed by atoms with van der Waals surface area (Å²) in [6.07, 6.45) is 0. The van der Waals surface area contributed by atoms with Crippen LogP contribution in [-0.4, -0.2) is 29.4 Å². The normalized spacial score (nSPS) is 12.4. The summed E-state index contributed by atoms with van der Waals surface area (Å²) in [5, 5.41) is 2.96. The zero-order valence-electron chi connectivity index (χ0n) is 14.8. The summed E-state index contributed by atoms with van der Waals surface area (Å²) in [6, 6.07) is 14.6. The highest BCUT2D eigenvalue weighted by atomic mass is 35.5. The minimum atomic E-state index is -0.609. The lowest BCUT2D eigenvalue weighted by atomic mass is 10.1. The molecule has 0 aliphatic heterocycles. The maximum Gasteiger partial charge on any atom is 0.256 e. The van der Waals surface area contributed by atoms with Gasteiger partial charge in [-0.3, -0.25) is 9.69 Å². The predicted molar refractivity (Wildman–Crippen MR) is 100 cm³/mol. The van der Waals surface area contributed by atoms with Gasteiger partial charge >= 0.3 is 0 Å². The van der Waals surface area contributed by atoms with E-state index in [2.05, 4.69) is 36.2 Å². The Kier molecular flexibility index (Phi) is 6.97. The fourth-order valence-electron chi connectivity index (χ4n) is 2.68. The van der Waals surface area contributed by atoms with Gasteiger partial charge in [0.05, 0.1) is 10.6 Å². The standard InChI is InChI=1S/C20H24ClFN2O/c1-14(2)24(13-16-8-5-4-6-9-16)12-15(3)23-20(25)19-17(21)10-7-11-18(19)22/h4-11,14-15H,12-13H2,1-3H3,(H,23,25). The van der Waals surface area contributed by atoms with Crippen molar-refractivity contribution < 1.29 is 9.18 Å². The Hall–Kier alpha value is -1.91. The van der Waals surface area contributed by atoms with Crippen molar-refractivity contribution >= 4 is 17.5 Å². The fourth-order valence-corrected chi connectivity index (χ4v) is 2.93. The summed E-state index contributed by atoms with van der Waals surface area (Å²) >= 11 is 5.96. The van der Waals surface area contributed by atoms with E-state index in [9.17, 15) is 9.18 Å². The lowest BCUT2D eigenvalue weighted by Crippen LogP contribution is -2.44. The van der Waals surface area contributed by atoms with E-state index in [4.69, 9.17) is 11.6 Å². The number of halogens is 2. The van der Waals surface area contributed by atoms with Crippen molar-refractivity contribution in [1.82, 2.24) is 10.2 Å². The average molecular weight is 363 g/mol. The molecule has 0 saturated heterocycles. The Morgan fingerprint density at radius 1 is 1.12 bits per heavy atom. The molecule has 3 nitrogen and oxygen atoms in total. The molecule has 1 amide bonds. The molecule has 0 bridgehead atoms. The molecule has 0 saturated carbocycles. The molecule has 0 aliphatic carbocycles. The number of benzene rings is 2. The summed E-state index contributed by atoms with van der Waals surface area (Å²) < 4.78 is 13.9. The van der Waals surface area contributed by atoms with E-state index in [0.29, 0.717) is 12.6 Å². The molecule has 2 rings (SSSR count). The minimum absolute atomic E-state index is 0.102. The summed E-state index contributed by atoms with van der Waals surface area (Å²) in [5.41, 5.74) is 1.11. The Balaban J connectivity index is 2.01. The molecule has 0 fully saturated rings. The lowest BCUT2D eigenvalue weighted by molar-refractivity contribution is 0.0917. The second-order valence-corrected chi connectivity index (χ2v) is 6.89. The second-order valence-electron chi connectivity index (χ2n) is 6.48. The third kappa shape index (κ3) is 5.55. The van der Waals surface area contributed by atoms with Crippen LogP contribution in [0.25, 0.3) is 0 Å². The van der Waals surface area contributed by atoms with Gasteiger partial charge in [-0.05, 0) is 38.5 Å². The molecule has 25 heavy (non-hydrogen) atoms. The fraction of sp³-hybridized carbons (Fsp3) is 0.350. The molecule has 2 aromatic carbocycles. The van der Waals surface area contributed by atoms with Crippen molar-refractivity contribution in [2.24, 2.45) is 0 Å². The summed E-state index contributed by atoms with van der Waals surface area (Å²) in [5.74, 6) is -1.10. The number of nitrogens with zero attached hydrogens (tertiary/aromatic N) is 1. The number of hydrogen-bond acceptors (Lipinski definition) is 2. The first-order valence-corrected chi connectivity index (χ1v) is 8.79. The van der Waals surface area contributed by atoms with Gasteiger partial charge < -0.3 is 5.32 Å². The molecule has 1 atom stereocenters. The molecular formula is C20H24ClFN2O. The van der Waals surface area contributed by atoms with Gasteiger partial charge in [0.25, 0.3) is 5.91 Å². The molecule has 5 heteroatoms. The Morgan fingerprint density at radius 3 is 2.40 bits per heavy atom. The molecular weight excluding hydrogens is 339 g/mol. The average Bonchev–Trinajstić information content (AvgIpc) is 2.54. The van der Waals surface area contributed by atoms with Crippen LogP contribution in [-0.2, 0) is 6.54 Å². The van der Waals surface area contributed by atoms with Gasteiger partial charge in [0.2, 0.25) is 0 Å². The first kappa shape index (κ1) is 19.4. The number of rotatable bonds is 7. The van der Waals surface area contributed by atoms with E-state index >= 15 is 0 Å². The van der Waals surface area contributed by atoms with Crippen LogP contribution < -0.4 is 5.32 Å². The van der Waals surface area contributed by atoms with Crippen LogP contribution >= 0.6 is 11.6 Å². The maximum absolute atomic E-state index is 13.9. The van der Waals surface area contributed by atoms with E-state index in [1.807, 2.05) is 25.1 Å². The van der Waals surface area contributed by atoms with Crippen LogP contribution in [0.3, 0.4) is 0 Å². The van der Waals surface area contributed by atoms with Crippen molar-refractivity contribution in [3.8, 4) is 0 Å². The molecule has 1 unspecified atom stereocenters. The number of amides is 1. The van der Waals surface area contributed by atoms with Gasteiger partial charge in [0, 0.05) is 25.2 Å². The van der Waals surface area contributed by atoms with E-state index < -0.39 is 11.7 Å². The highest BCUT2D eigenvalue weighted by Crippen LogP contribution is 2.19. The molecule has 0 aromatic heterocycles. The van der Waals surface area contributed by atoms with Crippen LogP contribution in [0.5, 0.6) is 0 Å². The molecule has 2 aromatic rings. The first-order chi connectivity index (χ1) is 11.9. The molecule has 0 spiro atoms. The minimum Gasteiger partial charge on any atom is -0.348 e. The number of carbonyl (C=O) groups excluding carboxylic acids is 1. The first-order valence-electron chi connectivity index (χ1n) is 8.41. The van der Waals surface area contributed by atoms with Crippen molar-refractivity contribution in [3.63, 3.8) is 0 Å². The number of nitrogens with one attached hydrogen (secondary N) is 1. The highest BCUT2D eigenvalue weighted by molar-refractivity contribution is 6.33. The SMILES string of the molecule is CC(CN(Cc1ccccc1)C(C)C)NC(=O)c1c(F)cccc1Cl. The highest BCUT2D eigenvalue weighted by Gasteiger charge is 2.20. The van der Waals surface area contributed by atoms with E-state index in [1.54, 1.807) is 0 Å². The van der Waals surface area contributed by atoms with Gasteiger partial charge in [-0.15, -0.1) is 0 Å². The monoisotopic (exact) mass is 362 g/mol. The van der Waals surface area contributed by atoms with Crippen LogP contribution in [0.4, 0.5) is 4.39 Å². The third-order valence-electron chi connectivity index (χ3n) is 4.03. The summed E-state index contributed by atoms with van der Waals surface area (Å²) in [7, 11) is 0. The Labute approximate surface area is 153 Å². The zero-order valence-corrected chi connectivity index (χ0v) is 15.6. The van der Waals surface area contributed by atoms with Gasteiger partial charge in [0.15, 0.2) is 0 Å². The van der Waals surface area contributed by atoms with Crippen molar-refractivity contribution in [3.05, 3.63) is 70.5 Å². The largest absolute Gasteiger partial charge is 0.348 e. The quantitative estimate of drug-likeness (QED) is 0.786. The number of carbonyl (C=O) groups is 1. The van der Waals surface area contributed by atoms with Crippen molar-refractivity contribution in [2.45, 2.75) is 39.4 Å². The maximum atomic E-state index is 13.9. The van der Waals surface area contributed by atoms with Gasteiger partial charge in [-0.2, -0.15) is 0 Å². The number of hydrogen-bond donors (Lipinski definition) is 1. The molecule has 134 valence electrons. The van der Waals surface area contributed by atoms with Crippen molar-refractivity contribution in [2.75, 3.05) is 6.54 Å². The van der Waals surface area contributed by atoms with Gasteiger partial charge in [-0.25, -0.2) is 4.39 Å². The smallest absolute Gasteiger partial charge is 0.256 e. The lowest BCUT2D eigenvalue weighted by Gasteiger charge is -2.30. The van der Waals surface area contributed by atoms with Gasteiger partial charge in [-0.1, -0.05) is 48.0 Å². The Morgan fingerprint density at radius 2 is 1.80 bits per heavy atom. The van der Waals surface area contributed by atoms with E-state index in [-0.39, 0.29) is 16.6 Å².